The van der Waals surface area contributed by atoms with Gasteiger partial charge in [-0.25, -0.2) is 4.39 Å². The van der Waals surface area contributed by atoms with E-state index in [1.165, 1.54) is 6.07 Å². The van der Waals surface area contributed by atoms with E-state index in [1.807, 2.05) is 34.5 Å². The third kappa shape index (κ3) is 4.30. The van der Waals surface area contributed by atoms with Crippen LogP contribution in [0.3, 0.4) is 0 Å². The van der Waals surface area contributed by atoms with E-state index in [0.717, 1.165) is 32.5 Å². The van der Waals surface area contributed by atoms with Crippen LogP contribution in [0.1, 0.15) is 23.2 Å². The van der Waals surface area contributed by atoms with Gasteiger partial charge in [0.1, 0.15) is 5.82 Å². The molecule has 0 saturated carbocycles. The summed E-state index contributed by atoms with van der Waals surface area (Å²) in [5, 5.41) is 3.15. The van der Waals surface area contributed by atoms with Gasteiger partial charge in [-0.15, -0.1) is 12.4 Å². The first-order valence-electron chi connectivity index (χ1n) is 6.50. The summed E-state index contributed by atoms with van der Waals surface area (Å²) in [5.41, 5.74) is 0.447. The molecule has 1 heterocycles. The van der Waals surface area contributed by atoms with Gasteiger partial charge in [0, 0.05) is 22.2 Å². The van der Waals surface area contributed by atoms with Crippen molar-refractivity contribution in [3.05, 3.63) is 33.1 Å². The smallest absolute Gasteiger partial charge is 0.253 e. The maximum atomic E-state index is 13.5. The predicted octanol–water partition coefficient (Wildman–Crippen LogP) is 2.92. The van der Waals surface area contributed by atoms with Gasteiger partial charge >= 0.3 is 0 Å². The predicted molar refractivity (Wildman–Crippen MR) is 88.9 cm³/mol. The molecule has 1 amide bonds. The van der Waals surface area contributed by atoms with Crippen molar-refractivity contribution in [3.8, 4) is 0 Å². The van der Waals surface area contributed by atoms with Gasteiger partial charge in [0.2, 0.25) is 0 Å². The molecule has 112 valence electrons. The number of hydrogen-bond acceptors (Lipinski definition) is 2. The Labute approximate surface area is 138 Å². The number of piperidine rings is 1. The maximum absolute atomic E-state index is 13.5. The molecule has 3 nitrogen and oxygen atoms in total. The van der Waals surface area contributed by atoms with E-state index < -0.39 is 0 Å². The van der Waals surface area contributed by atoms with Crippen molar-refractivity contribution in [2.75, 3.05) is 26.7 Å². The minimum Gasteiger partial charge on any atom is -0.338 e. The second-order valence-corrected chi connectivity index (χ2v) is 6.11. The van der Waals surface area contributed by atoms with Crippen LogP contribution in [0, 0.1) is 15.3 Å². The minimum atomic E-state index is -0.324. The summed E-state index contributed by atoms with van der Waals surface area (Å²) < 4.78 is 14.1. The summed E-state index contributed by atoms with van der Waals surface area (Å²) in [7, 11) is 1.93. The van der Waals surface area contributed by atoms with Gasteiger partial charge < -0.3 is 10.2 Å². The molecule has 1 N–H and O–H groups in total. The fourth-order valence-corrected chi connectivity index (χ4v) is 2.85. The third-order valence-electron chi connectivity index (χ3n) is 3.47. The second-order valence-electron chi connectivity index (χ2n) is 4.95. The molecular formula is C14H19ClFIN2O. The highest BCUT2D eigenvalue weighted by Crippen LogP contribution is 2.19. The molecular weight excluding hydrogens is 394 g/mol. The van der Waals surface area contributed by atoms with Crippen LogP contribution in [0.5, 0.6) is 0 Å². The van der Waals surface area contributed by atoms with Crippen molar-refractivity contribution in [3.63, 3.8) is 0 Å². The topological polar surface area (TPSA) is 32.3 Å². The van der Waals surface area contributed by atoms with Crippen molar-refractivity contribution in [2.45, 2.75) is 12.8 Å². The number of halogens is 3. The Morgan fingerprint density at radius 3 is 2.95 bits per heavy atom. The standard InChI is InChI=1S/C14H18FIN2O.ClH/c1-17-8-10-3-2-6-18(9-10)14(19)11-4-5-13(16)12(15)7-11;/h4-5,7,10,17H,2-3,6,8-9H2,1H3;1H. The van der Waals surface area contributed by atoms with Crippen LogP contribution in [0.15, 0.2) is 18.2 Å². The molecule has 1 aliphatic heterocycles. The second kappa shape index (κ2) is 8.14. The molecule has 1 atom stereocenters. The van der Waals surface area contributed by atoms with Crippen molar-refractivity contribution in [1.82, 2.24) is 10.2 Å². The Morgan fingerprint density at radius 1 is 1.55 bits per heavy atom. The van der Waals surface area contributed by atoms with E-state index in [1.54, 1.807) is 12.1 Å². The SMILES string of the molecule is CNCC1CCCN(C(=O)c2ccc(I)c(F)c2)C1.Cl. The molecule has 1 aromatic rings. The van der Waals surface area contributed by atoms with Gasteiger partial charge in [-0.3, -0.25) is 4.79 Å². The fraction of sp³-hybridized carbons (Fsp3) is 0.500. The number of rotatable bonds is 3. The first-order chi connectivity index (χ1) is 9.11. The van der Waals surface area contributed by atoms with Crippen LogP contribution in [0.2, 0.25) is 0 Å². The number of hydrogen-bond donors (Lipinski definition) is 1. The number of amides is 1. The molecule has 0 radical (unpaired) electrons. The van der Waals surface area contributed by atoms with Gasteiger partial charge in [-0.1, -0.05) is 0 Å². The molecule has 0 spiro atoms. The lowest BCUT2D eigenvalue weighted by atomic mass is 9.97. The lowest BCUT2D eigenvalue weighted by Gasteiger charge is -2.32. The Morgan fingerprint density at radius 2 is 2.30 bits per heavy atom. The number of likely N-dealkylation sites (tertiary alicyclic amines) is 1. The van der Waals surface area contributed by atoms with Crippen molar-refractivity contribution in [1.29, 1.82) is 0 Å². The van der Waals surface area contributed by atoms with Crippen LogP contribution >= 0.6 is 35.0 Å². The van der Waals surface area contributed by atoms with Crippen LogP contribution in [0.25, 0.3) is 0 Å². The molecule has 1 fully saturated rings. The monoisotopic (exact) mass is 412 g/mol. The summed E-state index contributed by atoms with van der Waals surface area (Å²) in [6.07, 6.45) is 2.16. The summed E-state index contributed by atoms with van der Waals surface area (Å²) in [4.78, 5) is 14.2. The normalized spacial score (nSPS) is 18.6. The zero-order valence-corrected chi connectivity index (χ0v) is 14.3. The van der Waals surface area contributed by atoms with Crippen LogP contribution in [0.4, 0.5) is 4.39 Å². The summed E-state index contributed by atoms with van der Waals surface area (Å²) in [5.74, 6) is 0.114. The average Bonchev–Trinajstić information content (AvgIpc) is 2.42. The van der Waals surface area contributed by atoms with Crippen LogP contribution in [-0.4, -0.2) is 37.5 Å². The van der Waals surface area contributed by atoms with Gasteiger partial charge in [0.05, 0.1) is 0 Å². The van der Waals surface area contributed by atoms with Crippen LogP contribution < -0.4 is 5.32 Å². The maximum Gasteiger partial charge on any atom is 0.253 e. The van der Waals surface area contributed by atoms with E-state index in [-0.39, 0.29) is 24.1 Å². The lowest BCUT2D eigenvalue weighted by molar-refractivity contribution is 0.0673. The molecule has 1 unspecified atom stereocenters. The minimum absolute atomic E-state index is 0. The van der Waals surface area contributed by atoms with Crippen molar-refractivity contribution in [2.24, 2.45) is 5.92 Å². The van der Waals surface area contributed by atoms with E-state index >= 15 is 0 Å². The molecule has 20 heavy (non-hydrogen) atoms. The zero-order chi connectivity index (χ0) is 13.8. The number of nitrogens with one attached hydrogen (secondary N) is 1. The molecule has 0 aliphatic carbocycles. The number of carbonyl (C=O) groups is 1. The lowest BCUT2D eigenvalue weighted by Crippen LogP contribution is -2.42. The van der Waals surface area contributed by atoms with Gasteiger partial charge in [0.15, 0.2) is 0 Å². The molecule has 1 saturated heterocycles. The summed E-state index contributed by atoms with van der Waals surface area (Å²) >= 11 is 1.92. The largest absolute Gasteiger partial charge is 0.338 e. The van der Waals surface area contributed by atoms with Crippen LogP contribution in [-0.2, 0) is 0 Å². The molecule has 6 heteroatoms. The van der Waals surface area contributed by atoms with Gasteiger partial charge in [-0.05, 0) is 73.1 Å². The zero-order valence-electron chi connectivity index (χ0n) is 11.4. The number of carbonyl (C=O) groups excluding carboxylic acids is 1. The Kier molecular flexibility index (Phi) is 7.19. The molecule has 0 bridgehead atoms. The highest BCUT2D eigenvalue weighted by Gasteiger charge is 2.24. The Hall–Kier alpha value is -0.400. The van der Waals surface area contributed by atoms with Gasteiger partial charge in [-0.2, -0.15) is 0 Å². The molecule has 0 aromatic heterocycles. The van der Waals surface area contributed by atoms with E-state index in [0.29, 0.717) is 15.1 Å². The first-order valence-corrected chi connectivity index (χ1v) is 7.58. The van der Waals surface area contributed by atoms with Gasteiger partial charge in [0.25, 0.3) is 5.91 Å². The summed E-state index contributed by atoms with van der Waals surface area (Å²) in [6, 6.07) is 4.69. The number of benzene rings is 1. The Bertz CT molecular complexity index is 470. The third-order valence-corrected chi connectivity index (χ3v) is 4.34. The van der Waals surface area contributed by atoms with Crippen molar-refractivity contribution >= 4 is 40.9 Å². The fourth-order valence-electron chi connectivity index (χ4n) is 2.52. The van der Waals surface area contributed by atoms with E-state index in [9.17, 15) is 9.18 Å². The molecule has 2 rings (SSSR count). The highest BCUT2D eigenvalue weighted by molar-refractivity contribution is 14.1. The van der Waals surface area contributed by atoms with E-state index in [4.69, 9.17) is 0 Å². The molecule has 1 aliphatic rings. The Balaban J connectivity index is 0.00000200. The van der Waals surface area contributed by atoms with Crippen molar-refractivity contribution < 1.29 is 9.18 Å². The molecule has 1 aromatic carbocycles. The quantitative estimate of drug-likeness (QED) is 0.774. The van der Waals surface area contributed by atoms with E-state index in [2.05, 4.69) is 5.32 Å². The highest BCUT2D eigenvalue weighted by atomic mass is 127. The number of nitrogens with zero attached hydrogens (tertiary/aromatic N) is 1. The summed E-state index contributed by atoms with van der Waals surface area (Å²) in [6.45, 7) is 2.45. The first kappa shape index (κ1) is 17.7. The average molecular weight is 413 g/mol.